The number of nitrogens with zero attached hydrogens (tertiary/aromatic N) is 2. The Morgan fingerprint density at radius 3 is 2.00 bits per heavy atom. The number of likely N-dealkylation sites (N-methyl/N-ethyl adjacent to an activating group) is 1. The Morgan fingerprint density at radius 1 is 0.681 bits per heavy atom. The average molecular weight is 614 g/mol. The molecule has 7 rings (SSSR count). The Kier molecular flexibility index (Phi) is 7.84. The lowest BCUT2D eigenvalue weighted by Crippen LogP contribution is -2.27. The molecule has 0 N–H and O–H groups in total. The highest BCUT2D eigenvalue weighted by Crippen LogP contribution is 2.50. The standard InChI is InChI=1S/C45H45N2/c1-7-46-38-30-28-34-20-12-14-24-36(34)42(38)44(3,4)40(46)26-16-22-33(32-18-10-9-11-19-32)23-17-27-41-45(5,6)43-37-25-15-13-21-35(37)29-31-39(43)47(41)8-2/h9-31H,7-8H2,1-6H3/q+1. The largest absolute Gasteiger partial charge is 0.344 e. The zero-order valence-electron chi connectivity index (χ0n) is 28.6. The predicted octanol–water partition coefficient (Wildman–Crippen LogP) is 11.3. The van der Waals surface area contributed by atoms with Crippen LogP contribution in [0.15, 0.2) is 145 Å². The van der Waals surface area contributed by atoms with E-state index in [9.17, 15) is 0 Å². The van der Waals surface area contributed by atoms with Crippen molar-refractivity contribution in [1.82, 2.24) is 0 Å². The van der Waals surface area contributed by atoms with Crippen molar-refractivity contribution < 1.29 is 4.58 Å². The van der Waals surface area contributed by atoms with Gasteiger partial charge >= 0.3 is 0 Å². The molecular weight excluding hydrogens is 569 g/mol. The topological polar surface area (TPSA) is 6.25 Å². The first-order valence-corrected chi connectivity index (χ1v) is 17.1. The van der Waals surface area contributed by atoms with Crippen molar-refractivity contribution in [1.29, 1.82) is 0 Å². The summed E-state index contributed by atoms with van der Waals surface area (Å²) in [6.07, 6.45) is 13.7. The van der Waals surface area contributed by atoms with Crippen LogP contribution in [-0.4, -0.2) is 23.4 Å². The number of hydrogen-bond acceptors (Lipinski definition) is 1. The molecule has 2 nitrogen and oxygen atoms in total. The maximum absolute atomic E-state index is 2.48. The maximum Gasteiger partial charge on any atom is 0.210 e. The van der Waals surface area contributed by atoms with Crippen LogP contribution in [0.4, 0.5) is 11.4 Å². The summed E-state index contributed by atoms with van der Waals surface area (Å²) in [4.78, 5) is 2.48. The monoisotopic (exact) mass is 613 g/mol. The molecule has 0 aliphatic carbocycles. The Bertz CT molecular complexity index is 2150. The second kappa shape index (κ2) is 12.0. The van der Waals surface area contributed by atoms with E-state index in [1.807, 2.05) is 0 Å². The molecule has 0 saturated carbocycles. The van der Waals surface area contributed by atoms with Crippen molar-refractivity contribution in [3.63, 3.8) is 0 Å². The van der Waals surface area contributed by atoms with E-state index in [4.69, 9.17) is 0 Å². The Morgan fingerprint density at radius 2 is 1.32 bits per heavy atom. The number of hydrogen-bond donors (Lipinski definition) is 0. The Labute approximate surface area is 280 Å². The summed E-state index contributed by atoms with van der Waals surface area (Å²) < 4.78 is 2.48. The highest BCUT2D eigenvalue weighted by molar-refractivity contribution is 6.07. The van der Waals surface area contributed by atoms with Gasteiger partial charge in [-0.15, -0.1) is 0 Å². The van der Waals surface area contributed by atoms with Crippen molar-refractivity contribution in [2.45, 2.75) is 52.4 Å². The molecule has 0 bridgehead atoms. The summed E-state index contributed by atoms with van der Waals surface area (Å²) in [6, 6.07) is 37.4. The number of fused-ring (bicyclic) bond motifs is 6. The van der Waals surface area contributed by atoms with Gasteiger partial charge in [0.25, 0.3) is 0 Å². The molecule has 2 aliphatic rings. The first-order valence-electron chi connectivity index (χ1n) is 17.1. The van der Waals surface area contributed by atoms with Gasteiger partial charge in [-0.05, 0) is 84.1 Å². The molecule has 47 heavy (non-hydrogen) atoms. The molecule has 5 aromatic carbocycles. The van der Waals surface area contributed by atoms with Gasteiger partial charge in [-0.2, -0.15) is 4.58 Å². The van der Waals surface area contributed by atoms with Crippen molar-refractivity contribution >= 4 is 44.2 Å². The van der Waals surface area contributed by atoms with Crippen LogP contribution in [-0.2, 0) is 10.8 Å². The molecule has 234 valence electrons. The SMILES string of the molecule is CCN1C(=CC=CC(=CC=CC2=[N+](CC)c3ccc4ccccc4c3C2(C)C)c2ccccc2)C(C)(C)c2c1ccc1ccccc21. The summed E-state index contributed by atoms with van der Waals surface area (Å²) in [5, 5.41) is 5.29. The van der Waals surface area contributed by atoms with Gasteiger partial charge in [-0.25, -0.2) is 0 Å². The Balaban J connectivity index is 1.26. The van der Waals surface area contributed by atoms with Gasteiger partial charge in [0, 0.05) is 41.1 Å². The summed E-state index contributed by atoms with van der Waals surface area (Å²) in [6.45, 7) is 15.8. The normalized spacial score (nSPS) is 18.0. The van der Waals surface area contributed by atoms with Crippen LogP contribution in [0.2, 0.25) is 0 Å². The molecule has 0 amide bonds. The number of rotatable bonds is 7. The van der Waals surface area contributed by atoms with Crippen molar-refractivity contribution in [3.8, 4) is 0 Å². The second-order valence-corrected chi connectivity index (χ2v) is 13.7. The number of anilines is 1. The fraction of sp³-hybridized carbons (Fsp3) is 0.222. The molecule has 0 radical (unpaired) electrons. The van der Waals surface area contributed by atoms with Crippen LogP contribution in [0, 0.1) is 0 Å². The lowest BCUT2D eigenvalue weighted by Gasteiger charge is -2.26. The van der Waals surface area contributed by atoms with Crippen LogP contribution >= 0.6 is 0 Å². The minimum Gasteiger partial charge on any atom is -0.344 e. The molecule has 0 fully saturated rings. The minimum absolute atomic E-state index is 0.111. The van der Waals surface area contributed by atoms with Crippen molar-refractivity contribution in [2.75, 3.05) is 18.0 Å². The smallest absolute Gasteiger partial charge is 0.210 e. The average Bonchev–Trinajstić information content (AvgIpc) is 3.46. The zero-order valence-corrected chi connectivity index (χ0v) is 28.6. The predicted molar refractivity (Wildman–Crippen MR) is 203 cm³/mol. The van der Waals surface area contributed by atoms with E-state index in [0.29, 0.717) is 0 Å². The lowest BCUT2D eigenvalue weighted by atomic mass is 9.79. The van der Waals surface area contributed by atoms with Gasteiger partial charge < -0.3 is 4.90 Å². The fourth-order valence-electron chi connectivity index (χ4n) is 8.12. The molecule has 2 heterocycles. The van der Waals surface area contributed by atoms with Gasteiger partial charge in [0.05, 0.1) is 5.41 Å². The number of allylic oxidation sites excluding steroid dienone is 8. The zero-order chi connectivity index (χ0) is 32.8. The summed E-state index contributed by atoms with van der Waals surface area (Å²) >= 11 is 0. The molecule has 0 atom stereocenters. The van der Waals surface area contributed by atoms with E-state index < -0.39 is 0 Å². The van der Waals surface area contributed by atoms with Crippen molar-refractivity contribution in [3.05, 3.63) is 162 Å². The van der Waals surface area contributed by atoms with Gasteiger partial charge in [0.1, 0.15) is 6.54 Å². The van der Waals surface area contributed by atoms with E-state index in [1.165, 1.54) is 66.6 Å². The first-order chi connectivity index (χ1) is 22.8. The lowest BCUT2D eigenvalue weighted by molar-refractivity contribution is -0.433. The molecule has 5 aromatic rings. The van der Waals surface area contributed by atoms with Gasteiger partial charge in [0.2, 0.25) is 5.69 Å². The second-order valence-electron chi connectivity index (χ2n) is 13.7. The van der Waals surface area contributed by atoms with E-state index in [2.05, 4.69) is 191 Å². The minimum atomic E-state index is -0.111. The summed E-state index contributed by atoms with van der Waals surface area (Å²) in [5.41, 5.74) is 10.3. The Hall–Kier alpha value is -4.95. The molecule has 0 spiro atoms. The van der Waals surface area contributed by atoms with Crippen LogP contribution in [0.5, 0.6) is 0 Å². The highest BCUT2D eigenvalue weighted by atomic mass is 15.2. The molecule has 2 aliphatic heterocycles. The number of benzene rings is 5. The van der Waals surface area contributed by atoms with E-state index in [-0.39, 0.29) is 10.8 Å². The maximum atomic E-state index is 2.48. The third kappa shape index (κ3) is 5.08. The quantitative estimate of drug-likeness (QED) is 0.131. The fourth-order valence-corrected chi connectivity index (χ4v) is 8.12. The van der Waals surface area contributed by atoms with E-state index >= 15 is 0 Å². The molecule has 0 saturated heterocycles. The highest BCUT2D eigenvalue weighted by Gasteiger charge is 2.45. The van der Waals surface area contributed by atoms with Crippen LogP contribution in [0.3, 0.4) is 0 Å². The van der Waals surface area contributed by atoms with Crippen LogP contribution in [0.1, 0.15) is 58.2 Å². The molecule has 0 aromatic heterocycles. The summed E-state index contributed by atoms with van der Waals surface area (Å²) in [5.74, 6) is 0. The molecular formula is C45H45N2+. The van der Waals surface area contributed by atoms with Crippen molar-refractivity contribution in [2.24, 2.45) is 0 Å². The first kappa shape index (κ1) is 30.7. The van der Waals surface area contributed by atoms with E-state index in [1.54, 1.807) is 0 Å². The van der Waals surface area contributed by atoms with Gasteiger partial charge in [-0.3, -0.25) is 0 Å². The summed E-state index contributed by atoms with van der Waals surface area (Å²) in [7, 11) is 0. The van der Waals surface area contributed by atoms with E-state index in [0.717, 1.165) is 13.1 Å². The third-order valence-electron chi connectivity index (χ3n) is 10.3. The van der Waals surface area contributed by atoms with Gasteiger partial charge in [0.15, 0.2) is 5.71 Å². The van der Waals surface area contributed by atoms with Crippen LogP contribution < -0.4 is 4.90 Å². The molecule has 2 heteroatoms. The third-order valence-corrected chi connectivity index (χ3v) is 10.3. The van der Waals surface area contributed by atoms with Gasteiger partial charge in [-0.1, -0.05) is 123 Å². The van der Waals surface area contributed by atoms with Crippen LogP contribution in [0.25, 0.3) is 27.1 Å². The molecule has 0 unspecified atom stereocenters.